The standard InChI is InChI=1S/C20H24N6O3S/c1-13-6-8-14(9-7-13)16-22-23-19(25(16)2)30-12-15(27)24-26-17(28)20(21-18(26)29)10-4-3-5-11-20/h6-9H,3-5,10-12H2,1-2H3,(H,21,29)(H,24,27). The molecule has 2 aromatic rings. The van der Waals surface area contributed by atoms with E-state index in [9.17, 15) is 14.4 Å². The third-order valence-corrected chi connectivity index (χ3v) is 6.60. The fourth-order valence-electron chi connectivity index (χ4n) is 3.90. The molecular formula is C20H24N6O3S. The molecule has 2 N–H and O–H groups in total. The van der Waals surface area contributed by atoms with Crippen LogP contribution in [-0.4, -0.2) is 48.9 Å². The molecule has 10 heteroatoms. The lowest BCUT2D eigenvalue weighted by Gasteiger charge is -2.30. The Balaban J connectivity index is 1.37. The van der Waals surface area contributed by atoms with Crippen LogP contribution >= 0.6 is 11.8 Å². The summed E-state index contributed by atoms with van der Waals surface area (Å²) in [6.07, 6.45) is 4.05. The zero-order valence-electron chi connectivity index (χ0n) is 17.0. The Morgan fingerprint density at radius 1 is 1.17 bits per heavy atom. The van der Waals surface area contributed by atoms with Gasteiger partial charge in [-0.2, -0.15) is 5.01 Å². The molecule has 1 saturated carbocycles. The van der Waals surface area contributed by atoms with Crippen molar-refractivity contribution >= 4 is 29.6 Å². The summed E-state index contributed by atoms with van der Waals surface area (Å²) in [6, 6.07) is 7.38. The summed E-state index contributed by atoms with van der Waals surface area (Å²) in [7, 11) is 1.83. The molecule has 1 aliphatic heterocycles. The lowest BCUT2D eigenvalue weighted by Crippen LogP contribution is -2.51. The van der Waals surface area contributed by atoms with Crippen LogP contribution in [0.25, 0.3) is 11.4 Å². The number of hydrazine groups is 1. The highest BCUT2D eigenvalue weighted by molar-refractivity contribution is 7.99. The molecule has 4 rings (SSSR count). The van der Waals surface area contributed by atoms with E-state index in [0.29, 0.717) is 23.8 Å². The summed E-state index contributed by atoms with van der Waals surface area (Å²) in [6.45, 7) is 2.02. The number of carbonyl (C=O) groups excluding carboxylic acids is 3. The minimum atomic E-state index is -0.859. The highest BCUT2D eigenvalue weighted by atomic mass is 32.2. The second-order valence-electron chi connectivity index (χ2n) is 7.77. The number of aromatic nitrogens is 3. The lowest BCUT2D eigenvalue weighted by molar-refractivity contribution is -0.139. The van der Waals surface area contributed by atoms with Crippen molar-refractivity contribution in [2.24, 2.45) is 7.05 Å². The van der Waals surface area contributed by atoms with E-state index in [4.69, 9.17) is 0 Å². The number of imide groups is 1. The van der Waals surface area contributed by atoms with Gasteiger partial charge in [-0.25, -0.2) is 4.79 Å². The number of urea groups is 1. The summed E-state index contributed by atoms with van der Waals surface area (Å²) in [5.74, 6) is -0.113. The maximum Gasteiger partial charge on any atom is 0.344 e. The molecule has 30 heavy (non-hydrogen) atoms. The van der Waals surface area contributed by atoms with Crippen LogP contribution in [0.2, 0.25) is 0 Å². The van der Waals surface area contributed by atoms with Crippen molar-refractivity contribution in [2.45, 2.75) is 49.7 Å². The van der Waals surface area contributed by atoms with Crippen molar-refractivity contribution < 1.29 is 14.4 Å². The molecule has 158 valence electrons. The molecule has 2 heterocycles. The number of amides is 4. The topological polar surface area (TPSA) is 109 Å². The number of carbonyl (C=O) groups is 3. The van der Waals surface area contributed by atoms with Gasteiger partial charge in [-0.3, -0.25) is 15.0 Å². The first-order valence-electron chi connectivity index (χ1n) is 9.95. The van der Waals surface area contributed by atoms with Crippen molar-refractivity contribution in [3.8, 4) is 11.4 Å². The number of hydrogen-bond donors (Lipinski definition) is 2. The zero-order valence-corrected chi connectivity index (χ0v) is 17.8. The van der Waals surface area contributed by atoms with Crippen molar-refractivity contribution in [3.05, 3.63) is 29.8 Å². The van der Waals surface area contributed by atoms with E-state index in [1.165, 1.54) is 11.8 Å². The van der Waals surface area contributed by atoms with Crippen molar-refractivity contribution in [3.63, 3.8) is 0 Å². The Morgan fingerprint density at radius 2 is 1.87 bits per heavy atom. The van der Waals surface area contributed by atoms with Gasteiger partial charge in [0.1, 0.15) is 5.54 Å². The molecule has 0 unspecified atom stereocenters. The smallest absolute Gasteiger partial charge is 0.322 e. The quantitative estimate of drug-likeness (QED) is 0.558. The summed E-state index contributed by atoms with van der Waals surface area (Å²) in [5.41, 5.74) is 3.67. The van der Waals surface area contributed by atoms with E-state index >= 15 is 0 Å². The first-order valence-corrected chi connectivity index (χ1v) is 10.9. The third kappa shape index (κ3) is 3.79. The number of rotatable bonds is 5. The van der Waals surface area contributed by atoms with E-state index in [1.54, 1.807) is 0 Å². The van der Waals surface area contributed by atoms with Crippen LogP contribution in [-0.2, 0) is 16.6 Å². The van der Waals surface area contributed by atoms with Crippen LogP contribution in [0.5, 0.6) is 0 Å². The van der Waals surface area contributed by atoms with E-state index in [2.05, 4.69) is 20.9 Å². The Hall–Kier alpha value is -2.88. The second-order valence-corrected chi connectivity index (χ2v) is 8.71. The maximum absolute atomic E-state index is 12.7. The minimum absolute atomic E-state index is 0.00390. The van der Waals surface area contributed by atoms with Gasteiger partial charge in [0.15, 0.2) is 11.0 Å². The highest BCUT2D eigenvalue weighted by Gasteiger charge is 2.52. The van der Waals surface area contributed by atoms with Crippen LogP contribution in [0.3, 0.4) is 0 Å². The SMILES string of the molecule is Cc1ccc(-c2nnc(SCC(=O)NN3C(=O)NC4(CCCCC4)C3=O)n2C)cc1. The summed E-state index contributed by atoms with van der Waals surface area (Å²) in [4.78, 5) is 37.4. The van der Waals surface area contributed by atoms with Gasteiger partial charge < -0.3 is 9.88 Å². The Morgan fingerprint density at radius 3 is 2.57 bits per heavy atom. The molecule has 1 saturated heterocycles. The van der Waals surface area contributed by atoms with Gasteiger partial charge >= 0.3 is 6.03 Å². The molecule has 2 fully saturated rings. The molecule has 1 aromatic carbocycles. The first-order chi connectivity index (χ1) is 14.4. The van der Waals surface area contributed by atoms with Gasteiger partial charge in [-0.05, 0) is 19.8 Å². The molecule has 0 atom stereocenters. The monoisotopic (exact) mass is 428 g/mol. The molecule has 0 bridgehead atoms. The van der Waals surface area contributed by atoms with E-state index in [-0.39, 0.29) is 11.7 Å². The Bertz CT molecular complexity index is 981. The summed E-state index contributed by atoms with van der Waals surface area (Å²) >= 11 is 1.19. The highest BCUT2D eigenvalue weighted by Crippen LogP contribution is 2.33. The van der Waals surface area contributed by atoms with Crippen LogP contribution in [0.1, 0.15) is 37.7 Å². The van der Waals surface area contributed by atoms with Crippen molar-refractivity contribution in [1.29, 1.82) is 0 Å². The van der Waals surface area contributed by atoms with Crippen LogP contribution < -0.4 is 10.7 Å². The summed E-state index contributed by atoms with van der Waals surface area (Å²) in [5, 5.41) is 12.5. The summed E-state index contributed by atoms with van der Waals surface area (Å²) < 4.78 is 1.81. The Labute approximate surface area is 178 Å². The largest absolute Gasteiger partial charge is 0.344 e. The fourth-order valence-corrected chi connectivity index (χ4v) is 4.60. The van der Waals surface area contributed by atoms with Gasteiger partial charge in [-0.15, -0.1) is 10.2 Å². The van der Waals surface area contributed by atoms with E-state index < -0.39 is 17.5 Å². The predicted octanol–water partition coefficient (Wildman–Crippen LogP) is 2.17. The van der Waals surface area contributed by atoms with Gasteiger partial charge in [0.2, 0.25) is 5.91 Å². The molecular weight excluding hydrogens is 404 g/mol. The molecule has 9 nitrogen and oxygen atoms in total. The Kier molecular flexibility index (Phi) is 5.50. The molecule has 2 aliphatic rings. The lowest BCUT2D eigenvalue weighted by atomic mass is 9.82. The normalized spacial score (nSPS) is 18.0. The predicted molar refractivity (Wildman–Crippen MR) is 111 cm³/mol. The minimum Gasteiger partial charge on any atom is -0.322 e. The third-order valence-electron chi connectivity index (χ3n) is 5.58. The van der Waals surface area contributed by atoms with Crippen molar-refractivity contribution in [2.75, 3.05) is 5.75 Å². The molecule has 1 spiro atoms. The molecule has 0 radical (unpaired) electrons. The maximum atomic E-state index is 12.7. The zero-order chi connectivity index (χ0) is 21.3. The van der Waals surface area contributed by atoms with Crippen LogP contribution in [0, 0.1) is 6.92 Å². The number of benzene rings is 1. The van der Waals surface area contributed by atoms with E-state index in [1.807, 2.05) is 42.8 Å². The second kappa shape index (κ2) is 8.10. The van der Waals surface area contributed by atoms with Gasteiger partial charge in [0, 0.05) is 12.6 Å². The number of nitrogens with zero attached hydrogens (tertiary/aromatic N) is 4. The van der Waals surface area contributed by atoms with E-state index in [0.717, 1.165) is 35.4 Å². The van der Waals surface area contributed by atoms with Gasteiger partial charge in [0.05, 0.1) is 5.75 Å². The first kappa shape index (κ1) is 20.4. The number of nitrogens with one attached hydrogen (secondary N) is 2. The average molecular weight is 429 g/mol. The van der Waals surface area contributed by atoms with Gasteiger partial charge in [-0.1, -0.05) is 60.9 Å². The molecule has 4 amide bonds. The van der Waals surface area contributed by atoms with Gasteiger partial charge in [0.25, 0.3) is 5.91 Å². The van der Waals surface area contributed by atoms with Crippen LogP contribution in [0.15, 0.2) is 29.4 Å². The average Bonchev–Trinajstić information content (AvgIpc) is 3.20. The number of aryl methyl sites for hydroxylation is 1. The number of hydrogen-bond acceptors (Lipinski definition) is 6. The van der Waals surface area contributed by atoms with Crippen LogP contribution in [0.4, 0.5) is 4.79 Å². The van der Waals surface area contributed by atoms with Crippen molar-refractivity contribution in [1.82, 2.24) is 30.5 Å². The fraction of sp³-hybridized carbons (Fsp3) is 0.450. The molecule has 1 aliphatic carbocycles. The number of thioether (sulfide) groups is 1. The molecule has 1 aromatic heterocycles.